The molecule has 5 heteroatoms. The molecule has 3 rings (SSSR count). The van der Waals surface area contributed by atoms with Crippen LogP contribution in [0.2, 0.25) is 0 Å². The number of rotatable bonds is 4. The van der Waals surface area contributed by atoms with Gasteiger partial charge in [-0.25, -0.2) is 9.37 Å². The topological polar surface area (TPSA) is 42.0 Å². The third-order valence-electron chi connectivity index (χ3n) is 3.70. The molecule has 0 aliphatic rings. The maximum atomic E-state index is 14.4. The molecule has 1 heterocycles. The van der Waals surface area contributed by atoms with Crippen LogP contribution >= 0.6 is 11.3 Å². The van der Waals surface area contributed by atoms with Gasteiger partial charge < -0.3 is 5.32 Å². The van der Waals surface area contributed by atoms with Gasteiger partial charge >= 0.3 is 0 Å². The van der Waals surface area contributed by atoms with Crippen molar-refractivity contribution in [2.75, 3.05) is 5.32 Å². The highest BCUT2D eigenvalue weighted by atomic mass is 32.1. The molecule has 3 nitrogen and oxygen atoms in total. The number of hydrogen-bond acceptors (Lipinski definition) is 3. The molecule has 0 atom stereocenters. The predicted molar refractivity (Wildman–Crippen MR) is 92.4 cm³/mol. The van der Waals surface area contributed by atoms with Gasteiger partial charge in [-0.05, 0) is 35.2 Å². The van der Waals surface area contributed by atoms with E-state index in [1.807, 2.05) is 26.0 Å². The fraction of sp³-hybridized carbons (Fsp3) is 0.222. The van der Waals surface area contributed by atoms with Crippen LogP contribution in [0.3, 0.4) is 0 Å². The lowest BCUT2D eigenvalue weighted by atomic mass is 9.98. The summed E-state index contributed by atoms with van der Waals surface area (Å²) in [5.41, 5.74) is 4.44. The molecule has 1 N–H and O–H groups in total. The van der Waals surface area contributed by atoms with E-state index in [4.69, 9.17) is 0 Å². The number of aromatic nitrogens is 1. The van der Waals surface area contributed by atoms with Crippen molar-refractivity contribution in [3.05, 3.63) is 58.9 Å². The molecule has 0 unspecified atom stereocenters. The lowest BCUT2D eigenvalue weighted by molar-refractivity contribution is -0.115. The van der Waals surface area contributed by atoms with Crippen molar-refractivity contribution in [2.45, 2.75) is 26.2 Å². The largest absolute Gasteiger partial charge is 0.326 e. The Hall–Kier alpha value is -2.27. The summed E-state index contributed by atoms with van der Waals surface area (Å²) in [5.74, 6) is -0.420. The van der Waals surface area contributed by atoms with Crippen LogP contribution in [0.15, 0.2) is 41.9 Å². The number of hydrogen-bond donors (Lipinski definition) is 1. The third kappa shape index (κ3) is 3.40. The van der Waals surface area contributed by atoms with E-state index in [0.717, 1.165) is 10.2 Å². The lowest BCUT2D eigenvalue weighted by Gasteiger charge is -2.11. The van der Waals surface area contributed by atoms with Gasteiger partial charge in [-0.2, -0.15) is 0 Å². The molecular weight excluding hydrogens is 311 g/mol. The molecule has 0 saturated heterocycles. The Morgan fingerprint density at radius 3 is 2.91 bits per heavy atom. The second-order valence-corrected chi connectivity index (χ2v) is 6.62. The van der Waals surface area contributed by atoms with E-state index >= 15 is 0 Å². The van der Waals surface area contributed by atoms with Gasteiger partial charge in [0.15, 0.2) is 0 Å². The lowest BCUT2D eigenvalue weighted by Crippen LogP contribution is -2.15. The normalized spacial score (nSPS) is 11.1. The Morgan fingerprint density at radius 2 is 2.13 bits per heavy atom. The van der Waals surface area contributed by atoms with Gasteiger partial charge in [0.25, 0.3) is 0 Å². The Bertz CT molecular complexity index is 857. The maximum Gasteiger partial charge on any atom is 0.228 e. The van der Waals surface area contributed by atoms with Crippen LogP contribution in [0.25, 0.3) is 10.2 Å². The number of thiazole rings is 1. The zero-order chi connectivity index (χ0) is 16.4. The van der Waals surface area contributed by atoms with Crippen molar-refractivity contribution >= 4 is 33.1 Å². The van der Waals surface area contributed by atoms with Gasteiger partial charge in [0.05, 0.1) is 22.1 Å². The van der Waals surface area contributed by atoms with E-state index < -0.39 is 0 Å². The van der Waals surface area contributed by atoms with E-state index in [0.29, 0.717) is 16.8 Å². The van der Waals surface area contributed by atoms with E-state index in [9.17, 15) is 9.18 Å². The number of nitrogens with zero attached hydrogens (tertiary/aromatic N) is 1. The van der Waals surface area contributed by atoms with Crippen molar-refractivity contribution in [2.24, 2.45) is 0 Å². The molecule has 1 amide bonds. The molecule has 0 aliphatic carbocycles. The molecule has 0 fully saturated rings. The summed E-state index contributed by atoms with van der Waals surface area (Å²) in [4.78, 5) is 16.4. The Kier molecular flexibility index (Phi) is 4.39. The summed E-state index contributed by atoms with van der Waals surface area (Å²) >= 11 is 1.52. The number of benzene rings is 2. The molecule has 0 radical (unpaired) electrons. The van der Waals surface area contributed by atoms with Gasteiger partial charge in [0.2, 0.25) is 5.91 Å². The second-order valence-electron chi connectivity index (χ2n) is 5.73. The minimum Gasteiger partial charge on any atom is -0.326 e. The summed E-state index contributed by atoms with van der Waals surface area (Å²) in [7, 11) is 0. The molecule has 118 valence electrons. The molecule has 2 aromatic carbocycles. The zero-order valence-corrected chi connectivity index (χ0v) is 13.8. The SMILES string of the molecule is CC(C)c1cccc(CC(=O)Nc2ccc3ncsc3c2)c1F. The first-order valence-electron chi connectivity index (χ1n) is 7.45. The molecule has 0 aliphatic heterocycles. The molecule has 0 bridgehead atoms. The molecular formula is C18H17FN2OS. The van der Waals surface area contributed by atoms with Crippen LogP contribution in [0.5, 0.6) is 0 Å². The predicted octanol–water partition coefficient (Wildman–Crippen LogP) is 4.74. The fourth-order valence-corrected chi connectivity index (χ4v) is 3.21. The first kappa shape index (κ1) is 15.6. The monoisotopic (exact) mass is 328 g/mol. The van der Waals surface area contributed by atoms with Crippen LogP contribution in [0.1, 0.15) is 30.9 Å². The fourth-order valence-electron chi connectivity index (χ4n) is 2.49. The van der Waals surface area contributed by atoms with Crippen molar-refractivity contribution in [1.29, 1.82) is 0 Å². The van der Waals surface area contributed by atoms with Crippen molar-refractivity contribution in [1.82, 2.24) is 4.98 Å². The summed E-state index contributed by atoms with van der Waals surface area (Å²) in [6.07, 6.45) is 0.0210. The maximum absolute atomic E-state index is 14.4. The van der Waals surface area contributed by atoms with Gasteiger partial charge in [0, 0.05) is 5.69 Å². The van der Waals surface area contributed by atoms with Crippen molar-refractivity contribution in [3.63, 3.8) is 0 Å². The Labute approximate surface area is 138 Å². The van der Waals surface area contributed by atoms with E-state index in [2.05, 4.69) is 10.3 Å². The van der Waals surface area contributed by atoms with Crippen LogP contribution in [-0.2, 0) is 11.2 Å². The summed E-state index contributed by atoms with van der Waals surface area (Å²) in [5, 5.41) is 2.82. The molecule has 1 aromatic heterocycles. The summed E-state index contributed by atoms with van der Waals surface area (Å²) in [6.45, 7) is 3.87. The Balaban J connectivity index is 1.75. The summed E-state index contributed by atoms with van der Waals surface area (Å²) in [6, 6.07) is 10.8. The van der Waals surface area contributed by atoms with E-state index in [1.165, 1.54) is 11.3 Å². The number of anilines is 1. The number of nitrogens with one attached hydrogen (secondary N) is 1. The second kappa shape index (κ2) is 6.46. The standard InChI is InChI=1S/C18H17FN2OS/c1-11(2)14-5-3-4-12(18(14)19)8-17(22)21-13-6-7-15-16(9-13)23-10-20-15/h3-7,9-11H,8H2,1-2H3,(H,21,22). The van der Waals surface area contributed by atoms with Gasteiger partial charge in [-0.1, -0.05) is 32.0 Å². The average Bonchev–Trinajstić information content (AvgIpc) is 2.96. The zero-order valence-electron chi connectivity index (χ0n) is 13.0. The van der Waals surface area contributed by atoms with E-state index in [-0.39, 0.29) is 24.1 Å². The quantitative estimate of drug-likeness (QED) is 0.751. The third-order valence-corrected chi connectivity index (χ3v) is 4.49. The highest BCUT2D eigenvalue weighted by molar-refractivity contribution is 7.16. The van der Waals surface area contributed by atoms with Gasteiger partial charge in [0.1, 0.15) is 5.82 Å². The van der Waals surface area contributed by atoms with Crippen LogP contribution in [-0.4, -0.2) is 10.9 Å². The molecule has 0 spiro atoms. The number of carbonyl (C=O) groups is 1. The number of halogens is 1. The number of amides is 1. The van der Waals surface area contributed by atoms with E-state index in [1.54, 1.807) is 29.8 Å². The minimum absolute atomic E-state index is 0.0210. The van der Waals surface area contributed by atoms with Crippen LogP contribution in [0.4, 0.5) is 10.1 Å². The first-order chi connectivity index (χ1) is 11.0. The van der Waals surface area contributed by atoms with Gasteiger partial charge in [-0.3, -0.25) is 4.79 Å². The molecule has 23 heavy (non-hydrogen) atoms. The minimum atomic E-state index is -0.282. The smallest absolute Gasteiger partial charge is 0.228 e. The summed E-state index contributed by atoms with van der Waals surface area (Å²) < 4.78 is 15.4. The average molecular weight is 328 g/mol. The number of carbonyl (C=O) groups excluding carboxylic acids is 1. The van der Waals surface area contributed by atoms with Crippen molar-refractivity contribution in [3.8, 4) is 0 Å². The molecule has 0 saturated carbocycles. The van der Waals surface area contributed by atoms with Crippen LogP contribution in [0, 0.1) is 5.82 Å². The van der Waals surface area contributed by atoms with Gasteiger partial charge in [-0.15, -0.1) is 11.3 Å². The highest BCUT2D eigenvalue weighted by Crippen LogP contribution is 2.23. The first-order valence-corrected chi connectivity index (χ1v) is 8.33. The number of fused-ring (bicyclic) bond motifs is 1. The van der Waals surface area contributed by atoms with Crippen molar-refractivity contribution < 1.29 is 9.18 Å². The Morgan fingerprint density at radius 1 is 1.30 bits per heavy atom. The highest BCUT2D eigenvalue weighted by Gasteiger charge is 2.14. The molecule has 3 aromatic rings. The van der Waals surface area contributed by atoms with Crippen LogP contribution < -0.4 is 5.32 Å².